The van der Waals surface area contributed by atoms with Crippen LogP contribution in [0.5, 0.6) is 5.75 Å². The Morgan fingerprint density at radius 1 is 1.08 bits per heavy atom. The molecule has 1 aromatic carbocycles. The smallest absolute Gasteiger partial charge is 0.243 e. The molecule has 2 fully saturated rings. The molecule has 1 saturated heterocycles. The molecule has 0 unspecified atom stereocenters. The number of carbonyl (C=O) groups is 4. The van der Waals surface area contributed by atoms with Gasteiger partial charge in [0, 0.05) is 46.7 Å². The minimum absolute atomic E-state index is 0.0377. The Bertz CT molecular complexity index is 1580. The normalized spacial score (nSPS) is 26.5. The molecule has 53 heavy (non-hydrogen) atoms. The summed E-state index contributed by atoms with van der Waals surface area (Å²) in [4.78, 5) is 56.8. The highest BCUT2D eigenvalue weighted by Crippen LogP contribution is 2.59. The van der Waals surface area contributed by atoms with Crippen LogP contribution in [0.15, 0.2) is 53.9 Å². The largest absolute Gasteiger partial charge is 0.494 e. The maximum atomic E-state index is 13.9. The van der Waals surface area contributed by atoms with Crippen molar-refractivity contribution in [3.63, 3.8) is 0 Å². The Kier molecular flexibility index (Phi) is 14.9. The molecule has 0 spiro atoms. The average molecular weight is 749 g/mol. The van der Waals surface area contributed by atoms with Gasteiger partial charge in [-0.2, -0.15) is 0 Å². The van der Waals surface area contributed by atoms with Crippen LogP contribution >= 0.6 is 11.3 Å². The van der Waals surface area contributed by atoms with Gasteiger partial charge in [0.1, 0.15) is 23.7 Å². The van der Waals surface area contributed by atoms with E-state index in [1.165, 1.54) is 11.3 Å². The van der Waals surface area contributed by atoms with Gasteiger partial charge in [-0.15, -0.1) is 11.3 Å². The van der Waals surface area contributed by atoms with Gasteiger partial charge < -0.3 is 36.1 Å². The Morgan fingerprint density at radius 2 is 1.81 bits per heavy atom. The van der Waals surface area contributed by atoms with E-state index in [2.05, 4.69) is 28.1 Å². The van der Waals surface area contributed by atoms with Crippen LogP contribution in [0.2, 0.25) is 0 Å². The second-order valence-electron chi connectivity index (χ2n) is 14.6. The number of nitrogens with zero attached hydrogens (tertiary/aromatic N) is 1. The molecule has 5 rings (SSSR count). The molecule has 1 saturated carbocycles. The van der Waals surface area contributed by atoms with E-state index in [9.17, 15) is 19.2 Å². The van der Waals surface area contributed by atoms with Gasteiger partial charge >= 0.3 is 0 Å². The minimum atomic E-state index is -0.890. The van der Waals surface area contributed by atoms with Crippen LogP contribution in [0.1, 0.15) is 107 Å². The van der Waals surface area contributed by atoms with Crippen molar-refractivity contribution in [1.29, 1.82) is 5.41 Å². The summed E-state index contributed by atoms with van der Waals surface area (Å²) in [6.45, 7) is 2.82. The van der Waals surface area contributed by atoms with E-state index in [-0.39, 0.29) is 60.6 Å². The highest BCUT2D eigenvalue weighted by molar-refractivity contribution is 7.10. The molecule has 4 amide bonds. The van der Waals surface area contributed by atoms with Crippen molar-refractivity contribution in [3.05, 3.63) is 64.4 Å². The van der Waals surface area contributed by atoms with Crippen LogP contribution in [-0.2, 0) is 23.9 Å². The average Bonchev–Trinajstić information content (AvgIpc) is 3.45. The van der Waals surface area contributed by atoms with Gasteiger partial charge in [-0.25, -0.2) is 0 Å². The lowest BCUT2D eigenvalue weighted by atomic mass is 10.00. The van der Waals surface area contributed by atoms with Gasteiger partial charge in [-0.05, 0) is 70.1 Å². The molecule has 2 bridgehead atoms. The summed E-state index contributed by atoms with van der Waals surface area (Å²) < 4.78 is 12.0. The van der Waals surface area contributed by atoms with E-state index in [1.807, 2.05) is 37.3 Å². The van der Waals surface area contributed by atoms with E-state index in [0.29, 0.717) is 37.4 Å². The van der Waals surface area contributed by atoms with Crippen molar-refractivity contribution in [3.8, 4) is 5.75 Å². The molecule has 288 valence electrons. The van der Waals surface area contributed by atoms with Crippen LogP contribution < -0.4 is 26.4 Å². The summed E-state index contributed by atoms with van der Waals surface area (Å²) >= 11 is 1.41. The van der Waals surface area contributed by atoms with E-state index >= 15 is 0 Å². The Morgan fingerprint density at radius 3 is 2.57 bits per heavy atom. The lowest BCUT2D eigenvalue weighted by Crippen LogP contribution is -2.53. The van der Waals surface area contributed by atoms with Crippen molar-refractivity contribution in [1.82, 2.24) is 20.9 Å². The first-order chi connectivity index (χ1) is 25.7. The lowest BCUT2D eigenvalue weighted by Gasteiger charge is -2.28. The maximum absolute atomic E-state index is 13.9. The number of hydrogen-bond acceptors (Lipinski definition) is 8. The number of nitrogens with two attached hydrogens (primary N) is 1. The zero-order valence-corrected chi connectivity index (χ0v) is 31.7. The summed E-state index contributed by atoms with van der Waals surface area (Å²) in [6, 6.07) is 8.91. The van der Waals surface area contributed by atoms with Crippen LogP contribution in [-0.4, -0.2) is 78.9 Å². The lowest BCUT2D eigenvalue weighted by molar-refractivity contribution is -0.140. The summed E-state index contributed by atoms with van der Waals surface area (Å²) in [7, 11) is 0. The molecular formula is C40H56N6O6S. The Labute approximate surface area is 317 Å². The first kappa shape index (κ1) is 40.0. The summed E-state index contributed by atoms with van der Waals surface area (Å²) in [6.07, 6.45) is 15.3. The van der Waals surface area contributed by atoms with Gasteiger partial charge in [-0.3, -0.25) is 24.6 Å². The third-order valence-electron chi connectivity index (χ3n) is 10.4. The predicted octanol–water partition coefficient (Wildman–Crippen LogP) is 5.13. The number of amidine groups is 1. The fraction of sp³-hybridized carbons (Fsp3) is 0.575. The Balaban J connectivity index is 1.27. The van der Waals surface area contributed by atoms with Crippen molar-refractivity contribution < 1.29 is 28.7 Å². The number of nitrogens with one attached hydrogen (secondary N) is 4. The van der Waals surface area contributed by atoms with Crippen LogP contribution in [0.25, 0.3) is 0 Å². The number of carbonyl (C=O) groups excluding carboxylic acids is 4. The molecule has 3 heterocycles. The highest BCUT2D eigenvalue weighted by atomic mass is 32.1. The molecule has 2 aliphatic heterocycles. The van der Waals surface area contributed by atoms with Gasteiger partial charge in [0.25, 0.3) is 0 Å². The first-order valence-electron chi connectivity index (χ1n) is 19.2. The molecule has 6 N–H and O–H groups in total. The van der Waals surface area contributed by atoms with Crippen LogP contribution in [0.3, 0.4) is 0 Å². The van der Waals surface area contributed by atoms with Crippen LogP contribution in [0.4, 0.5) is 0 Å². The standard InChI is InChI=1S/C40H56N6O6S/c1-28(33-22-29(26-53-33)37(41)42)44-39(50)32-23-40-24-34(40)46(32)36(48)25-43-38(49)31(19-21-52-30-16-12-11-13-17-30)45-35(47)18-14-9-7-5-3-2-4-6-8-10-15-20-51-27-40/h6,8,11-13,16-17,22,26,28,31-32,34H,2-5,7,9-10,14-15,18-21,23-25,27H2,1H3,(H3,41,42)(H,43,49)(H,44,50)(H,45,47)/b8-6-/t28-,31+,32+,34+,40-/m1/s1. The Hall–Kier alpha value is -4.23. The van der Waals surface area contributed by atoms with Crippen molar-refractivity contribution in [2.45, 2.75) is 115 Å². The van der Waals surface area contributed by atoms with Gasteiger partial charge in [0.15, 0.2) is 0 Å². The molecule has 3 aliphatic rings. The number of para-hydroxylation sites is 1. The molecule has 1 aromatic heterocycles. The van der Waals surface area contributed by atoms with E-state index < -0.39 is 18.0 Å². The third kappa shape index (κ3) is 11.6. The zero-order valence-electron chi connectivity index (χ0n) is 30.9. The van der Waals surface area contributed by atoms with Gasteiger partial charge in [0.2, 0.25) is 23.6 Å². The second-order valence-corrected chi connectivity index (χ2v) is 15.5. The summed E-state index contributed by atoms with van der Waals surface area (Å²) in [5.74, 6) is -0.686. The molecule has 12 nitrogen and oxygen atoms in total. The predicted molar refractivity (Wildman–Crippen MR) is 206 cm³/mol. The second kappa shape index (κ2) is 19.7. The number of ether oxygens (including phenoxy) is 2. The fourth-order valence-electron chi connectivity index (χ4n) is 7.32. The zero-order chi connectivity index (χ0) is 37.6. The molecule has 2 aromatic rings. The number of thiophene rings is 1. The topological polar surface area (TPSA) is 176 Å². The van der Waals surface area contributed by atoms with Crippen LogP contribution in [0, 0.1) is 10.8 Å². The first-order valence-corrected chi connectivity index (χ1v) is 20.1. The van der Waals surface area contributed by atoms with E-state index in [4.69, 9.17) is 20.6 Å². The highest BCUT2D eigenvalue weighted by Gasteiger charge is 2.67. The molecular weight excluding hydrogens is 693 g/mol. The molecule has 0 radical (unpaired) electrons. The third-order valence-corrected chi connectivity index (χ3v) is 11.6. The fourth-order valence-corrected chi connectivity index (χ4v) is 8.23. The minimum Gasteiger partial charge on any atom is -0.494 e. The number of amides is 4. The quantitative estimate of drug-likeness (QED) is 0.141. The van der Waals surface area contributed by atoms with Crippen molar-refractivity contribution in [2.24, 2.45) is 11.1 Å². The molecule has 13 heteroatoms. The molecule has 1 aliphatic carbocycles. The van der Waals surface area contributed by atoms with Gasteiger partial charge in [-0.1, -0.05) is 56.0 Å². The number of nitrogen functional groups attached to an aromatic ring is 1. The number of hydrogen-bond donors (Lipinski definition) is 5. The SMILES string of the molecule is C[C@@H](NC(=O)[C@@H]1C[C@@]23COCCC/C=C\CCCCCCCCC(=O)N[C@@H](CCOc4ccccc4)C(=O)NCC(=O)N1[C@H]2C3)c1cc(C(=N)N)cs1. The van der Waals surface area contributed by atoms with Crippen molar-refractivity contribution in [2.75, 3.05) is 26.4 Å². The maximum Gasteiger partial charge on any atom is 0.243 e. The van der Waals surface area contributed by atoms with Crippen molar-refractivity contribution >= 4 is 40.8 Å². The molecule has 5 atom stereocenters. The monoisotopic (exact) mass is 748 g/mol. The van der Waals surface area contributed by atoms with Gasteiger partial charge in [0.05, 0.1) is 25.8 Å². The van der Waals surface area contributed by atoms with E-state index in [1.54, 1.807) is 16.3 Å². The number of benzene rings is 1. The number of allylic oxidation sites excluding steroid dienone is 2. The summed E-state index contributed by atoms with van der Waals surface area (Å²) in [5, 5.41) is 18.2. The number of piperidine rings is 1. The van der Waals surface area contributed by atoms with E-state index in [0.717, 1.165) is 69.1 Å². The number of rotatable bonds is 8. The summed E-state index contributed by atoms with van der Waals surface area (Å²) in [5.41, 5.74) is 5.94.